The van der Waals surface area contributed by atoms with Gasteiger partial charge in [0, 0.05) is 12.1 Å². The second kappa shape index (κ2) is 8.67. The van der Waals surface area contributed by atoms with Gasteiger partial charge in [-0.1, -0.05) is 67.4 Å². The van der Waals surface area contributed by atoms with E-state index in [2.05, 4.69) is 43.2 Å². The molecule has 1 amide bonds. The molecule has 1 fully saturated rings. The third kappa shape index (κ3) is 4.11. The number of benzene rings is 2. The summed E-state index contributed by atoms with van der Waals surface area (Å²) in [6.45, 7) is 7.52. The van der Waals surface area contributed by atoms with Crippen molar-refractivity contribution in [2.24, 2.45) is 5.92 Å². The highest BCUT2D eigenvalue weighted by Gasteiger charge is 2.43. The maximum atomic E-state index is 13.3. The first-order valence-electron chi connectivity index (χ1n) is 10.2. The normalized spacial score (nSPS) is 24.0. The summed E-state index contributed by atoms with van der Waals surface area (Å²) in [6.07, 6.45) is 3.42. The Balaban J connectivity index is 1.96. The maximum absolute atomic E-state index is 13.3. The lowest BCUT2D eigenvalue weighted by atomic mass is 9.75. The van der Waals surface area contributed by atoms with Crippen LogP contribution < -0.4 is 5.32 Å². The molecule has 0 spiro atoms. The number of carbonyl (C=O) groups is 1. The number of rotatable bonds is 5. The third-order valence-electron chi connectivity index (χ3n) is 6.52. The predicted molar refractivity (Wildman–Crippen MR) is 117 cm³/mol. The number of hydrogen-bond acceptors (Lipinski definition) is 2. The first-order valence-corrected chi connectivity index (χ1v) is 10.6. The minimum absolute atomic E-state index is 0.107. The smallest absolute Gasteiger partial charge is 0.253 e. The lowest BCUT2D eigenvalue weighted by Gasteiger charge is -2.50. The molecule has 1 heterocycles. The molecule has 150 valence electrons. The lowest BCUT2D eigenvalue weighted by molar-refractivity contribution is 0.0229. The minimum Gasteiger partial charge on any atom is -0.343 e. The zero-order valence-electron chi connectivity index (χ0n) is 17.3. The molecule has 3 rings (SSSR count). The van der Waals surface area contributed by atoms with Gasteiger partial charge in [-0.05, 0) is 56.8 Å². The average Bonchev–Trinajstić information content (AvgIpc) is 2.69. The first-order chi connectivity index (χ1) is 13.4. The molecule has 0 aromatic heterocycles. The van der Waals surface area contributed by atoms with Gasteiger partial charge < -0.3 is 5.32 Å². The van der Waals surface area contributed by atoms with Gasteiger partial charge >= 0.3 is 0 Å². The standard InChI is InChI=1S/C24H31ClN2O/c1-5-18-14-15-24(3,27(4)16-18)22(19-11-7-6-8-12-19)26-23(28)21-17(2)10-9-13-20(21)25/h6-13,18,22H,5,14-16H2,1-4H3,(H,26,28). The fourth-order valence-electron chi connectivity index (χ4n) is 4.44. The van der Waals surface area contributed by atoms with Crippen LogP contribution in [0.4, 0.5) is 0 Å². The number of aryl methyl sites for hydroxylation is 1. The van der Waals surface area contributed by atoms with Crippen molar-refractivity contribution in [3.8, 4) is 0 Å². The van der Waals surface area contributed by atoms with E-state index in [1.54, 1.807) is 6.07 Å². The molecule has 2 aromatic rings. The fraction of sp³-hybridized carbons (Fsp3) is 0.458. The summed E-state index contributed by atoms with van der Waals surface area (Å²) in [7, 11) is 2.19. The van der Waals surface area contributed by atoms with Gasteiger partial charge in [-0.25, -0.2) is 0 Å². The summed E-state index contributed by atoms with van der Waals surface area (Å²) in [6, 6.07) is 15.8. The van der Waals surface area contributed by atoms with Gasteiger partial charge in [0.15, 0.2) is 0 Å². The number of halogens is 1. The summed E-state index contributed by atoms with van der Waals surface area (Å²) < 4.78 is 0. The molecule has 28 heavy (non-hydrogen) atoms. The quantitative estimate of drug-likeness (QED) is 0.707. The number of likely N-dealkylation sites (N-methyl/N-ethyl adjacent to an activating group) is 1. The molecule has 1 aliphatic heterocycles. The first kappa shape index (κ1) is 20.9. The largest absolute Gasteiger partial charge is 0.343 e. The van der Waals surface area contributed by atoms with E-state index in [1.807, 2.05) is 37.3 Å². The van der Waals surface area contributed by atoms with E-state index >= 15 is 0 Å². The Kier molecular flexibility index (Phi) is 6.47. The minimum atomic E-state index is -0.155. The predicted octanol–water partition coefficient (Wildman–Crippen LogP) is 5.63. The molecule has 3 unspecified atom stereocenters. The number of nitrogens with zero attached hydrogens (tertiary/aromatic N) is 1. The molecular formula is C24H31ClN2O. The van der Waals surface area contributed by atoms with Gasteiger partial charge in [0.05, 0.1) is 16.6 Å². The third-order valence-corrected chi connectivity index (χ3v) is 6.83. The van der Waals surface area contributed by atoms with Gasteiger partial charge in [0.2, 0.25) is 0 Å². The van der Waals surface area contributed by atoms with Crippen molar-refractivity contribution in [1.82, 2.24) is 10.2 Å². The molecule has 1 N–H and O–H groups in total. The van der Waals surface area contributed by atoms with Crippen LogP contribution in [0.5, 0.6) is 0 Å². The monoisotopic (exact) mass is 398 g/mol. The molecule has 0 bridgehead atoms. The number of likely N-dealkylation sites (tertiary alicyclic amines) is 1. The van der Waals surface area contributed by atoms with Crippen LogP contribution in [-0.4, -0.2) is 29.9 Å². The van der Waals surface area contributed by atoms with Crippen LogP contribution in [0.1, 0.15) is 60.6 Å². The van der Waals surface area contributed by atoms with E-state index in [1.165, 1.54) is 12.8 Å². The van der Waals surface area contributed by atoms with E-state index in [-0.39, 0.29) is 17.5 Å². The molecule has 4 heteroatoms. The second-order valence-corrected chi connectivity index (χ2v) is 8.71. The Bertz CT molecular complexity index is 802. The lowest BCUT2D eigenvalue weighted by Crippen LogP contribution is -2.57. The molecule has 1 aliphatic rings. The van der Waals surface area contributed by atoms with Crippen LogP contribution in [0.15, 0.2) is 48.5 Å². The van der Waals surface area contributed by atoms with Crippen molar-refractivity contribution in [3.63, 3.8) is 0 Å². The number of carbonyl (C=O) groups excluding carboxylic acids is 1. The Morgan fingerprint density at radius 2 is 1.96 bits per heavy atom. The zero-order chi connectivity index (χ0) is 20.3. The number of hydrogen-bond donors (Lipinski definition) is 1. The highest BCUT2D eigenvalue weighted by molar-refractivity contribution is 6.34. The van der Waals surface area contributed by atoms with Crippen molar-refractivity contribution in [3.05, 3.63) is 70.2 Å². The molecule has 0 aliphatic carbocycles. The van der Waals surface area contributed by atoms with Crippen LogP contribution in [0.3, 0.4) is 0 Å². The molecule has 0 saturated carbocycles. The summed E-state index contributed by atoms with van der Waals surface area (Å²) in [5.41, 5.74) is 2.44. The van der Waals surface area contributed by atoms with Gasteiger partial charge in [-0.15, -0.1) is 0 Å². The van der Waals surface area contributed by atoms with Gasteiger partial charge in [-0.2, -0.15) is 0 Å². The Hall–Kier alpha value is -1.84. The van der Waals surface area contributed by atoms with Crippen LogP contribution in [0.25, 0.3) is 0 Å². The number of nitrogens with one attached hydrogen (secondary N) is 1. The van der Waals surface area contributed by atoms with Crippen molar-refractivity contribution >= 4 is 17.5 Å². The number of piperidine rings is 1. The summed E-state index contributed by atoms with van der Waals surface area (Å²) in [4.78, 5) is 15.7. The van der Waals surface area contributed by atoms with E-state index in [0.717, 1.165) is 30.0 Å². The van der Waals surface area contributed by atoms with Crippen molar-refractivity contribution in [2.75, 3.05) is 13.6 Å². The van der Waals surface area contributed by atoms with Crippen molar-refractivity contribution in [2.45, 2.75) is 51.6 Å². The van der Waals surface area contributed by atoms with E-state index in [9.17, 15) is 4.79 Å². The van der Waals surface area contributed by atoms with E-state index in [4.69, 9.17) is 11.6 Å². The highest BCUT2D eigenvalue weighted by atomic mass is 35.5. The molecule has 1 saturated heterocycles. The molecule has 3 atom stereocenters. The van der Waals surface area contributed by atoms with Crippen LogP contribution in [-0.2, 0) is 0 Å². The summed E-state index contributed by atoms with van der Waals surface area (Å²) in [5, 5.41) is 3.84. The van der Waals surface area contributed by atoms with Gasteiger partial charge in [-0.3, -0.25) is 9.69 Å². The van der Waals surface area contributed by atoms with Gasteiger partial charge in [0.1, 0.15) is 0 Å². The second-order valence-electron chi connectivity index (χ2n) is 8.30. The Morgan fingerprint density at radius 1 is 1.25 bits per heavy atom. The average molecular weight is 399 g/mol. The Labute approximate surface area is 174 Å². The zero-order valence-corrected chi connectivity index (χ0v) is 18.1. The summed E-state index contributed by atoms with van der Waals surface area (Å²) in [5.74, 6) is 0.611. The molecule has 3 nitrogen and oxygen atoms in total. The molecule has 0 radical (unpaired) electrons. The van der Waals surface area contributed by atoms with E-state index < -0.39 is 0 Å². The van der Waals surface area contributed by atoms with E-state index in [0.29, 0.717) is 10.6 Å². The fourth-order valence-corrected chi connectivity index (χ4v) is 4.75. The van der Waals surface area contributed by atoms with Crippen molar-refractivity contribution < 1.29 is 4.79 Å². The van der Waals surface area contributed by atoms with Crippen molar-refractivity contribution in [1.29, 1.82) is 0 Å². The topological polar surface area (TPSA) is 32.3 Å². The van der Waals surface area contributed by atoms with Gasteiger partial charge in [0.25, 0.3) is 5.91 Å². The highest BCUT2D eigenvalue weighted by Crippen LogP contribution is 2.40. The maximum Gasteiger partial charge on any atom is 0.253 e. The summed E-state index contributed by atoms with van der Waals surface area (Å²) >= 11 is 6.37. The molecule has 2 aromatic carbocycles. The Morgan fingerprint density at radius 3 is 2.57 bits per heavy atom. The van der Waals surface area contributed by atoms with Crippen LogP contribution in [0, 0.1) is 12.8 Å². The van der Waals surface area contributed by atoms with Crippen LogP contribution >= 0.6 is 11.6 Å². The molecular weight excluding hydrogens is 368 g/mol. The van der Waals surface area contributed by atoms with Crippen LogP contribution in [0.2, 0.25) is 5.02 Å². The number of amides is 1. The SMILES string of the molecule is CCC1CCC(C)(C(NC(=O)c2c(C)cccc2Cl)c2ccccc2)N(C)C1.